The van der Waals surface area contributed by atoms with Gasteiger partial charge in [0.1, 0.15) is 35.2 Å². The summed E-state index contributed by atoms with van der Waals surface area (Å²) in [5.74, 6) is -2.65. The van der Waals surface area contributed by atoms with E-state index in [-0.39, 0.29) is 22.8 Å². The van der Waals surface area contributed by atoms with Gasteiger partial charge in [-0.15, -0.1) is 0 Å². The van der Waals surface area contributed by atoms with Crippen LogP contribution in [-0.2, 0) is 15.6 Å². The molecule has 4 aliphatic heterocycles. The smallest absolute Gasteiger partial charge is 0.274 e. The predicted molar refractivity (Wildman–Crippen MR) is 333 cm³/mol. The van der Waals surface area contributed by atoms with Gasteiger partial charge in [0.15, 0.2) is 0 Å². The maximum absolute atomic E-state index is 13.7. The van der Waals surface area contributed by atoms with Crippen LogP contribution in [0.3, 0.4) is 0 Å². The Morgan fingerprint density at radius 1 is 0.605 bits per heavy atom. The topological polar surface area (TPSA) is 218 Å². The summed E-state index contributed by atoms with van der Waals surface area (Å²) >= 11 is 0. The van der Waals surface area contributed by atoms with Gasteiger partial charge in [0.25, 0.3) is 11.1 Å². The summed E-state index contributed by atoms with van der Waals surface area (Å²) in [4.78, 5) is 41.8. The van der Waals surface area contributed by atoms with Crippen molar-refractivity contribution in [2.45, 2.75) is 120 Å². The second kappa shape index (κ2) is 21.0. The zero-order chi connectivity index (χ0) is 59.5. The van der Waals surface area contributed by atoms with Crippen LogP contribution in [0.5, 0.6) is 0 Å². The number of methoxy groups -OCH3 is 1. The number of aliphatic hydroxyl groups excluding tert-OH is 3. The number of rotatable bonds is 13. The SMILES string of the molecule is COC1/C(=C2/N(CCCCCCCN3C(=C4C(O)C(C5C(C#N)=Nn6c5nc(-c5ccccc5)cc6=O)C4O)C(C)(C)c4ccc5ccccc5c43)c3c(ccc4ccccc34)C2(C)C)C(O)C1C1C(C#N)=Nn2c1nc(C1=CC=CCC1)cc2=O. The van der Waals surface area contributed by atoms with E-state index in [4.69, 9.17) is 14.7 Å². The summed E-state index contributed by atoms with van der Waals surface area (Å²) in [6.45, 7) is 10.0. The molecule has 0 radical (unpaired) electrons. The first kappa shape index (κ1) is 55.0. The van der Waals surface area contributed by atoms with Crippen molar-refractivity contribution < 1.29 is 20.1 Å². The highest BCUT2D eigenvalue weighted by Gasteiger charge is 2.60. The monoisotopic (exact) mass is 1140 g/mol. The third kappa shape index (κ3) is 8.28. The molecule has 2 aromatic heterocycles. The van der Waals surface area contributed by atoms with Crippen LogP contribution in [0.2, 0.25) is 0 Å². The van der Waals surface area contributed by atoms with E-state index in [2.05, 4.69) is 127 Å². The first-order valence-corrected chi connectivity index (χ1v) is 30.0. The Morgan fingerprint density at radius 2 is 1.09 bits per heavy atom. The molecule has 432 valence electrons. The van der Waals surface area contributed by atoms with E-state index < -0.39 is 64.5 Å². The maximum Gasteiger partial charge on any atom is 0.274 e. The third-order valence-electron chi connectivity index (χ3n) is 19.5. The Labute approximate surface area is 498 Å². The lowest BCUT2D eigenvalue weighted by atomic mass is 9.62. The summed E-state index contributed by atoms with van der Waals surface area (Å²) in [7, 11) is 1.64. The molecule has 0 saturated heterocycles. The molecule has 5 aromatic carbocycles. The molecule has 0 bridgehead atoms. The molecule has 7 aromatic rings. The molecule has 2 fully saturated rings. The minimum Gasteiger partial charge on any atom is -0.388 e. The zero-order valence-corrected chi connectivity index (χ0v) is 48.7. The Kier molecular flexibility index (Phi) is 13.4. The summed E-state index contributed by atoms with van der Waals surface area (Å²) in [6.07, 6.45) is 8.02. The second-order valence-corrected chi connectivity index (χ2v) is 24.9. The minimum absolute atomic E-state index is 0.0183. The van der Waals surface area contributed by atoms with Gasteiger partial charge in [-0.3, -0.25) is 9.59 Å². The van der Waals surface area contributed by atoms with E-state index in [1.54, 1.807) is 7.11 Å². The fraction of sp³-hybridized carbons (Fsp3) is 0.343. The molecule has 6 heterocycles. The van der Waals surface area contributed by atoms with Gasteiger partial charge in [0.2, 0.25) is 0 Å². The number of allylic oxidation sites excluding steroid dienone is 6. The van der Waals surface area contributed by atoms with Gasteiger partial charge >= 0.3 is 0 Å². The first-order chi connectivity index (χ1) is 41.7. The van der Waals surface area contributed by atoms with Gasteiger partial charge in [-0.1, -0.05) is 168 Å². The number of nitriles is 2. The normalized spacial score (nSPS) is 25.4. The highest BCUT2D eigenvalue weighted by molar-refractivity contribution is 6.06. The molecule has 0 amide bonds. The summed E-state index contributed by atoms with van der Waals surface area (Å²) in [6, 6.07) is 42.0. The lowest BCUT2D eigenvalue weighted by Crippen LogP contribution is -2.56. The highest BCUT2D eigenvalue weighted by atomic mass is 16.5. The van der Waals surface area contributed by atoms with Gasteiger partial charge < -0.3 is 29.9 Å². The number of anilines is 2. The number of hydrogen-bond acceptors (Lipinski definition) is 14. The summed E-state index contributed by atoms with van der Waals surface area (Å²) < 4.78 is 8.75. The molecule has 16 nitrogen and oxygen atoms in total. The van der Waals surface area contributed by atoms with Crippen LogP contribution >= 0.6 is 0 Å². The number of ether oxygens (including phenoxy) is 1. The van der Waals surface area contributed by atoms with Crippen molar-refractivity contribution in [2.24, 2.45) is 22.0 Å². The zero-order valence-electron chi connectivity index (χ0n) is 48.7. The number of nitrogens with zero attached hydrogens (tertiary/aromatic N) is 10. The summed E-state index contributed by atoms with van der Waals surface area (Å²) in [5.41, 5.74) is 8.27. The predicted octanol–water partition coefficient (Wildman–Crippen LogP) is 10.3. The molecule has 7 atom stereocenters. The number of unbranched alkanes of at least 4 members (excludes halogenated alkanes) is 4. The average molecular weight is 1140 g/mol. The largest absolute Gasteiger partial charge is 0.388 e. The van der Waals surface area contributed by atoms with Crippen molar-refractivity contribution in [3.63, 3.8) is 0 Å². The van der Waals surface area contributed by atoms with Crippen LogP contribution in [0.4, 0.5) is 11.4 Å². The number of aliphatic hydroxyl groups is 3. The Balaban J connectivity index is 0.734. The number of hydrogen-bond donors (Lipinski definition) is 3. The van der Waals surface area contributed by atoms with E-state index in [0.717, 1.165) is 122 Å². The quantitative estimate of drug-likeness (QED) is 0.0919. The van der Waals surface area contributed by atoms with Crippen LogP contribution in [-0.4, -0.2) is 90.7 Å². The Hall–Kier alpha value is -8.90. The van der Waals surface area contributed by atoms with Crippen molar-refractivity contribution in [1.82, 2.24) is 19.3 Å². The molecule has 2 saturated carbocycles. The first-order valence-electron chi connectivity index (χ1n) is 30.0. The fourth-order valence-electron chi connectivity index (χ4n) is 15.4. The van der Waals surface area contributed by atoms with E-state index >= 15 is 0 Å². The van der Waals surface area contributed by atoms with Crippen LogP contribution < -0.4 is 20.9 Å². The van der Waals surface area contributed by atoms with Crippen molar-refractivity contribution in [3.8, 4) is 23.4 Å². The van der Waals surface area contributed by atoms with Crippen molar-refractivity contribution in [2.75, 3.05) is 30.0 Å². The molecular formula is C70H66N10O6. The molecule has 7 aliphatic rings. The molecule has 7 unspecified atom stereocenters. The van der Waals surface area contributed by atoms with Crippen molar-refractivity contribution >= 4 is 49.9 Å². The Morgan fingerprint density at radius 3 is 1.63 bits per heavy atom. The standard InChI is InChI=1S/C70H66N10O6/c1-69(2)45-31-29-39-21-15-17-27-43(39)59(45)77(65(69)57-61(83)55(62(57)84)53-49(37-71)75-79-51(81)35-47(73-67(53)79)41-23-11-9-12-24-41)33-19-7-6-8-20-34-78-60-44-28-18-16-22-40(44)30-32-46(60)70(3,4)66(78)58-63(85)56(64(58)86-5)54-50(38-72)76-80-52(82)36-48(74-68(54)80)42-25-13-10-14-26-42/h9-13,15-18,21-25,27-32,35-36,53-56,61-64,83-85H,6-8,14,19-20,26,33-34H2,1-5H3/b65-57?,66-58+. The van der Waals surface area contributed by atoms with E-state index in [0.29, 0.717) is 35.9 Å². The van der Waals surface area contributed by atoms with Gasteiger partial charge in [-0.2, -0.15) is 30.1 Å². The molecular weight excluding hydrogens is 1080 g/mol. The fourth-order valence-corrected chi connectivity index (χ4v) is 15.4. The van der Waals surface area contributed by atoms with E-state index in [9.17, 15) is 35.4 Å². The summed E-state index contributed by atoms with van der Waals surface area (Å²) in [5, 5.41) is 72.0. The van der Waals surface area contributed by atoms with Crippen LogP contribution in [0.1, 0.15) is 113 Å². The van der Waals surface area contributed by atoms with Gasteiger partial charge in [-0.25, -0.2) is 9.97 Å². The Bertz CT molecular complexity index is 4410. The minimum atomic E-state index is -1.17. The maximum atomic E-state index is 13.7. The van der Waals surface area contributed by atoms with Crippen molar-refractivity contribution in [3.05, 3.63) is 205 Å². The number of benzene rings is 5. The molecule has 3 N–H and O–H groups in total. The lowest BCUT2D eigenvalue weighted by Gasteiger charge is -2.49. The molecule has 16 heteroatoms. The van der Waals surface area contributed by atoms with E-state index in [1.807, 2.05) is 54.6 Å². The van der Waals surface area contributed by atoms with Gasteiger partial charge in [0.05, 0.1) is 59.0 Å². The third-order valence-corrected chi connectivity index (χ3v) is 19.5. The van der Waals surface area contributed by atoms with Crippen LogP contribution in [0, 0.1) is 34.5 Å². The van der Waals surface area contributed by atoms with Gasteiger partial charge in [-0.05, 0) is 53.2 Å². The van der Waals surface area contributed by atoms with Crippen LogP contribution in [0.15, 0.2) is 176 Å². The van der Waals surface area contributed by atoms with Crippen LogP contribution in [0.25, 0.3) is 38.4 Å². The average Bonchev–Trinajstić information content (AvgIpc) is 1.51. The number of aromatic nitrogens is 4. The molecule has 0 spiro atoms. The highest BCUT2D eigenvalue weighted by Crippen LogP contribution is 2.59. The van der Waals surface area contributed by atoms with E-state index in [1.165, 1.54) is 16.8 Å². The molecule has 3 aliphatic carbocycles. The number of fused-ring (bicyclic) bond motifs is 8. The second-order valence-electron chi connectivity index (χ2n) is 24.9. The van der Waals surface area contributed by atoms with Crippen molar-refractivity contribution in [1.29, 1.82) is 10.5 Å². The lowest BCUT2D eigenvalue weighted by molar-refractivity contribution is -0.0578. The molecule has 86 heavy (non-hydrogen) atoms. The molecule has 14 rings (SSSR count). The van der Waals surface area contributed by atoms with Gasteiger partial charge in [0, 0.05) is 93.9 Å².